The molecular weight excluding hydrogens is 446 g/mol. The van der Waals surface area contributed by atoms with Gasteiger partial charge in [0.2, 0.25) is 0 Å². The first-order chi connectivity index (χ1) is 13.0. The number of ether oxygens (including phenoxy) is 1. The van der Waals surface area contributed by atoms with Gasteiger partial charge >= 0.3 is 12.1 Å². The zero-order valence-corrected chi connectivity index (χ0v) is 17.0. The monoisotopic (exact) mass is 462 g/mol. The summed E-state index contributed by atoms with van der Waals surface area (Å²) in [7, 11) is 0. The lowest BCUT2D eigenvalue weighted by Crippen LogP contribution is -2.56. The van der Waals surface area contributed by atoms with Crippen molar-refractivity contribution in [2.24, 2.45) is 10.5 Å². The predicted molar refractivity (Wildman–Crippen MR) is 96.3 cm³/mol. The third-order valence-electron chi connectivity index (χ3n) is 4.39. The van der Waals surface area contributed by atoms with E-state index in [-0.39, 0.29) is 15.8 Å². The molecule has 1 N–H and O–H groups in total. The Morgan fingerprint density at radius 3 is 2.31 bits per heavy atom. The van der Waals surface area contributed by atoms with Gasteiger partial charge < -0.3 is 9.84 Å². The van der Waals surface area contributed by atoms with Gasteiger partial charge in [-0.05, 0) is 18.2 Å². The van der Waals surface area contributed by atoms with Crippen LogP contribution in [0.2, 0.25) is 10.0 Å². The average Bonchev–Trinajstić information content (AvgIpc) is 2.92. The van der Waals surface area contributed by atoms with Crippen molar-refractivity contribution in [3.63, 3.8) is 0 Å². The van der Waals surface area contributed by atoms with Gasteiger partial charge in [-0.1, -0.05) is 44.0 Å². The molecule has 0 saturated heterocycles. The zero-order chi connectivity index (χ0) is 22.4. The largest absolute Gasteiger partial charge is 0.482 e. The molecule has 1 amide bonds. The Kier molecular flexibility index (Phi) is 6.15. The summed E-state index contributed by atoms with van der Waals surface area (Å²) in [6.45, 7) is 3.28. The minimum Gasteiger partial charge on any atom is -0.482 e. The van der Waals surface area contributed by atoms with Gasteiger partial charge in [0.05, 0.1) is 5.02 Å². The topological polar surface area (TPSA) is 62.1 Å². The summed E-state index contributed by atoms with van der Waals surface area (Å²) in [4.78, 5) is 12.5. The van der Waals surface area contributed by atoms with Crippen LogP contribution in [0.4, 0.5) is 22.0 Å². The van der Waals surface area contributed by atoms with Gasteiger partial charge in [-0.3, -0.25) is 4.79 Å². The van der Waals surface area contributed by atoms with Crippen LogP contribution in [0.5, 0.6) is 5.75 Å². The van der Waals surface area contributed by atoms with E-state index in [0.29, 0.717) is 5.02 Å². The highest BCUT2D eigenvalue weighted by atomic mass is 35.5. The van der Waals surface area contributed by atoms with Crippen molar-refractivity contribution in [2.75, 3.05) is 6.61 Å². The molecule has 12 heteroatoms. The van der Waals surface area contributed by atoms with Crippen molar-refractivity contribution >= 4 is 34.8 Å². The number of hydrogen-bond acceptors (Lipinski definition) is 4. The zero-order valence-electron chi connectivity index (χ0n) is 15.5. The third kappa shape index (κ3) is 4.44. The highest BCUT2D eigenvalue weighted by Gasteiger charge is 2.66. The Balaban J connectivity index is 2.33. The van der Waals surface area contributed by atoms with Gasteiger partial charge in [-0.2, -0.15) is 32.1 Å². The molecule has 162 valence electrons. The Morgan fingerprint density at radius 1 is 1.24 bits per heavy atom. The van der Waals surface area contributed by atoms with Crippen LogP contribution >= 0.6 is 23.2 Å². The van der Waals surface area contributed by atoms with Crippen molar-refractivity contribution in [1.82, 2.24) is 5.01 Å². The minimum atomic E-state index is -5.93. The summed E-state index contributed by atoms with van der Waals surface area (Å²) in [5.41, 5.74) is -5.41. The molecule has 0 aromatic heterocycles. The molecule has 0 aliphatic carbocycles. The first-order valence-corrected chi connectivity index (χ1v) is 8.92. The van der Waals surface area contributed by atoms with Crippen molar-refractivity contribution in [2.45, 2.75) is 45.0 Å². The first kappa shape index (κ1) is 23.6. The Hall–Kier alpha value is -1.65. The van der Waals surface area contributed by atoms with Crippen LogP contribution in [0.3, 0.4) is 0 Å². The molecule has 2 rings (SSSR count). The summed E-state index contributed by atoms with van der Waals surface area (Å²) >= 11 is 11.6. The normalized spacial score (nSPS) is 20.7. The second-order valence-electron chi connectivity index (χ2n) is 7.43. The number of alkyl halides is 5. The van der Waals surface area contributed by atoms with Crippen molar-refractivity contribution < 1.29 is 36.6 Å². The molecule has 0 spiro atoms. The highest BCUT2D eigenvalue weighted by Crippen LogP contribution is 2.47. The lowest BCUT2D eigenvalue weighted by atomic mass is 9.79. The molecule has 0 saturated carbocycles. The SMILES string of the molecule is CC(C)(C)C1(O)CC(C(F)(F)C(F)(F)F)=NN1C(=O)COc1ccc(Cl)cc1Cl. The van der Waals surface area contributed by atoms with Gasteiger partial charge in [0.25, 0.3) is 5.91 Å². The molecular formula is C17H17Cl2F5N2O3. The molecule has 1 aromatic carbocycles. The van der Waals surface area contributed by atoms with E-state index in [9.17, 15) is 31.9 Å². The smallest absolute Gasteiger partial charge is 0.459 e. The molecule has 0 fully saturated rings. The van der Waals surface area contributed by atoms with E-state index in [1.165, 1.54) is 39.0 Å². The van der Waals surface area contributed by atoms with Crippen LogP contribution in [0, 0.1) is 5.41 Å². The van der Waals surface area contributed by atoms with Crippen LogP contribution in [-0.2, 0) is 4.79 Å². The Labute approximate surface area is 173 Å². The summed E-state index contributed by atoms with van der Waals surface area (Å²) < 4.78 is 71.0. The van der Waals surface area contributed by atoms with Gasteiger partial charge in [0.15, 0.2) is 12.3 Å². The average molecular weight is 463 g/mol. The Bertz CT molecular complexity index is 839. The van der Waals surface area contributed by atoms with Crippen LogP contribution in [0.15, 0.2) is 23.3 Å². The maximum Gasteiger partial charge on any atom is 0.459 e. The highest BCUT2D eigenvalue weighted by molar-refractivity contribution is 6.35. The molecule has 1 aromatic rings. The first-order valence-electron chi connectivity index (χ1n) is 8.16. The number of carbonyl (C=O) groups excluding carboxylic acids is 1. The molecule has 1 heterocycles. The number of halogens is 7. The fourth-order valence-electron chi connectivity index (χ4n) is 2.52. The fraction of sp³-hybridized carbons (Fsp3) is 0.529. The summed E-state index contributed by atoms with van der Waals surface area (Å²) in [6.07, 6.45) is -7.12. The molecule has 1 unspecified atom stereocenters. The van der Waals surface area contributed by atoms with Crippen molar-refractivity contribution in [3.8, 4) is 5.75 Å². The van der Waals surface area contributed by atoms with E-state index < -0.39 is 47.9 Å². The summed E-state index contributed by atoms with van der Waals surface area (Å²) in [5, 5.41) is 14.5. The second kappa shape index (κ2) is 7.55. The van der Waals surface area contributed by atoms with E-state index in [4.69, 9.17) is 27.9 Å². The van der Waals surface area contributed by atoms with E-state index in [0.717, 1.165) is 0 Å². The van der Waals surface area contributed by atoms with E-state index in [1.54, 1.807) is 0 Å². The van der Waals surface area contributed by atoms with E-state index in [2.05, 4.69) is 5.10 Å². The molecule has 0 radical (unpaired) electrons. The van der Waals surface area contributed by atoms with Gasteiger partial charge in [-0.15, -0.1) is 0 Å². The van der Waals surface area contributed by atoms with Gasteiger partial charge in [0.1, 0.15) is 11.5 Å². The van der Waals surface area contributed by atoms with Crippen LogP contribution in [-0.4, -0.2) is 46.2 Å². The Morgan fingerprint density at radius 2 is 1.83 bits per heavy atom. The van der Waals surface area contributed by atoms with Crippen LogP contribution in [0.25, 0.3) is 0 Å². The molecule has 5 nitrogen and oxygen atoms in total. The number of amides is 1. The summed E-state index contributed by atoms with van der Waals surface area (Å²) in [6, 6.07) is 4.07. The second-order valence-corrected chi connectivity index (χ2v) is 8.27. The lowest BCUT2D eigenvalue weighted by molar-refractivity contribution is -0.250. The van der Waals surface area contributed by atoms with Crippen molar-refractivity contribution in [3.05, 3.63) is 28.2 Å². The van der Waals surface area contributed by atoms with E-state index in [1.807, 2.05) is 0 Å². The number of rotatable bonds is 4. The number of aliphatic hydroxyl groups is 1. The molecule has 1 aliphatic rings. The minimum absolute atomic E-state index is 0.0211. The molecule has 0 bridgehead atoms. The number of hydrazone groups is 1. The third-order valence-corrected chi connectivity index (χ3v) is 4.92. The molecule has 1 aliphatic heterocycles. The number of hydrogen-bond donors (Lipinski definition) is 1. The standard InChI is InChI=1S/C17H17Cl2F5N2O3/c1-14(2,3)15(28)7-12(16(20,21)17(22,23)24)25-26(15)13(27)8-29-11-5-4-9(18)6-10(11)19/h4-6,28H,7-8H2,1-3H3. The summed E-state index contributed by atoms with van der Waals surface area (Å²) in [5.74, 6) is -6.43. The number of carbonyl (C=O) groups is 1. The van der Waals surface area contributed by atoms with Gasteiger partial charge in [0, 0.05) is 16.9 Å². The number of nitrogens with zero attached hydrogens (tertiary/aromatic N) is 2. The maximum absolute atomic E-state index is 13.8. The fourth-order valence-corrected chi connectivity index (χ4v) is 2.99. The maximum atomic E-state index is 13.8. The molecule has 29 heavy (non-hydrogen) atoms. The van der Waals surface area contributed by atoms with Crippen LogP contribution in [0.1, 0.15) is 27.2 Å². The lowest BCUT2D eigenvalue weighted by Gasteiger charge is -2.41. The van der Waals surface area contributed by atoms with Crippen LogP contribution < -0.4 is 4.74 Å². The van der Waals surface area contributed by atoms with E-state index >= 15 is 0 Å². The predicted octanol–water partition coefficient (Wildman–Crippen LogP) is 4.89. The van der Waals surface area contributed by atoms with Crippen molar-refractivity contribution in [1.29, 1.82) is 0 Å². The van der Waals surface area contributed by atoms with Gasteiger partial charge in [-0.25, -0.2) is 0 Å². The quantitative estimate of drug-likeness (QED) is 0.647. The number of benzene rings is 1. The molecule has 1 atom stereocenters.